The van der Waals surface area contributed by atoms with Gasteiger partial charge in [-0.2, -0.15) is 0 Å². The molecule has 3 heteroatoms. The van der Waals surface area contributed by atoms with Crippen LogP contribution in [0, 0.1) is 0 Å². The lowest BCUT2D eigenvalue weighted by Crippen LogP contribution is -2.11. The SMILES string of the molecule is CCCCCCCCC=CCCCCCCCCCC(=O)OC(=O)CCCCCCCCCC=CCCCCCCCC. The van der Waals surface area contributed by atoms with E-state index in [2.05, 4.69) is 38.2 Å². The first-order valence-corrected chi connectivity index (χ1v) is 19.2. The fourth-order valence-corrected chi connectivity index (χ4v) is 5.62. The van der Waals surface area contributed by atoms with E-state index in [1.807, 2.05) is 0 Å². The van der Waals surface area contributed by atoms with Gasteiger partial charge >= 0.3 is 11.9 Å². The largest absolute Gasteiger partial charge is 0.393 e. The Morgan fingerprint density at radius 3 is 0.860 bits per heavy atom. The van der Waals surface area contributed by atoms with Gasteiger partial charge in [-0.05, 0) is 64.2 Å². The van der Waals surface area contributed by atoms with Crippen molar-refractivity contribution in [3.63, 3.8) is 0 Å². The molecular weight excluding hydrogens is 528 g/mol. The van der Waals surface area contributed by atoms with Crippen LogP contribution < -0.4 is 0 Å². The second-order valence-corrected chi connectivity index (χ2v) is 12.9. The van der Waals surface area contributed by atoms with Crippen molar-refractivity contribution in [2.24, 2.45) is 0 Å². The van der Waals surface area contributed by atoms with Crippen LogP contribution in [-0.2, 0) is 14.3 Å². The van der Waals surface area contributed by atoms with Gasteiger partial charge in [-0.25, -0.2) is 0 Å². The molecule has 0 saturated carbocycles. The summed E-state index contributed by atoms with van der Waals surface area (Å²) in [6.45, 7) is 4.54. The molecule has 0 spiro atoms. The van der Waals surface area contributed by atoms with E-state index < -0.39 is 0 Å². The van der Waals surface area contributed by atoms with E-state index in [0.29, 0.717) is 12.8 Å². The number of rotatable bonds is 34. The van der Waals surface area contributed by atoms with Crippen LogP contribution in [0.25, 0.3) is 0 Å². The van der Waals surface area contributed by atoms with Crippen LogP contribution >= 0.6 is 0 Å². The highest BCUT2D eigenvalue weighted by atomic mass is 16.6. The summed E-state index contributed by atoms with van der Waals surface area (Å²) in [5.41, 5.74) is 0. The summed E-state index contributed by atoms with van der Waals surface area (Å²) in [4.78, 5) is 23.9. The molecule has 252 valence electrons. The first-order chi connectivity index (χ1) is 21.2. The summed E-state index contributed by atoms with van der Waals surface area (Å²) < 4.78 is 5.02. The van der Waals surface area contributed by atoms with Crippen LogP contribution in [0.1, 0.15) is 219 Å². The Labute approximate surface area is 269 Å². The highest BCUT2D eigenvalue weighted by Gasteiger charge is 2.09. The van der Waals surface area contributed by atoms with Crippen molar-refractivity contribution in [1.29, 1.82) is 0 Å². The second kappa shape index (κ2) is 36.8. The number of carbonyl (C=O) groups excluding carboxylic acids is 2. The number of hydrogen-bond acceptors (Lipinski definition) is 3. The Morgan fingerprint density at radius 2 is 0.581 bits per heavy atom. The first-order valence-electron chi connectivity index (χ1n) is 19.2. The van der Waals surface area contributed by atoms with Gasteiger partial charge in [-0.1, -0.05) is 167 Å². The zero-order valence-electron chi connectivity index (χ0n) is 29.2. The molecule has 0 rings (SSSR count). The van der Waals surface area contributed by atoms with Crippen LogP contribution in [0.15, 0.2) is 24.3 Å². The summed E-state index contributed by atoms with van der Waals surface area (Å²) >= 11 is 0. The van der Waals surface area contributed by atoms with Crippen LogP contribution in [0.2, 0.25) is 0 Å². The third-order valence-electron chi connectivity index (χ3n) is 8.51. The highest BCUT2D eigenvalue weighted by Crippen LogP contribution is 2.14. The van der Waals surface area contributed by atoms with E-state index in [1.165, 1.54) is 167 Å². The summed E-state index contributed by atoms with van der Waals surface area (Å²) in [5.74, 6) is -0.669. The molecule has 0 aliphatic carbocycles. The molecule has 0 heterocycles. The predicted octanol–water partition coefficient (Wildman–Crippen LogP) is 13.7. The van der Waals surface area contributed by atoms with Crippen molar-refractivity contribution in [2.45, 2.75) is 219 Å². The molecule has 0 bridgehead atoms. The zero-order valence-corrected chi connectivity index (χ0v) is 29.2. The number of carbonyl (C=O) groups is 2. The molecule has 0 saturated heterocycles. The summed E-state index contributed by atoms with van der Waals surface area (Å²) in [6.07, 6.45) is 48.1. The third-order valence-corrected chi connectivity index (χ3v) is 8.51. The van der Waals surface area contributed by atoms with E-state index in [9.17, 15) is 9.59 Å². The van der Waals surface area contributed by atoms with Gasteiger partial charge in [0, 0.05) is 12.8 Å². The third kappa shape index (κ3) is 36.7. The number of hydrogen-bond donors (Lipinski definition) is 0. The Morgan fingerprint density at radius 1 is 0.349 bits per heavy atom. The number of unbranched alkanes of at least 4 members (excludes halogenated alkanes) is 26. The monoisotopic (exact) mass is 603 g/mol. The van der Waals surface area contributed by atoms with Crippen LogP contribution in [0.4, 0.5) is 0 Å². The molecule has 0 aromatic carbocycles. The summed E-state index contributed by atoms with van der Waals surface area (Å²) in [7, 11) is 0. The molecule has 0 fully saturated rings. The lowest BCUT2D eigenvalue weighted by Gasteiger charge is -2.04. The fraction of sp³-hybridized carbons (Fsp3) is 0.850. The minimum absolute atomic E-state index is 0.334. The fourth-order valence-electron chi connectivity index (χ4n) is 5.62. The number of ether oxygens (including phenoxy) is 1. The lowest BCUT2D eigenvalue weighted by molar-refractivity contribution is -0.159. The summed E-state index contributed by atoms with van der Waals surface area (Å²) in [6, 6.07) is 0. The zero-order chi connectivity index (χ0) is 31.3. The standard InChI is InChI=1S/C40H74O3/c1-3-5-7-9-11-13-15-17-19-21-23-25-27-29-31-33-35-37-39(41)43-40(42)38-36-34-32-30-28-26-24-22-20-18-16-14-12-10-8-6-4-2/h17-20H,3-16,21-38H2,1-2H3. The van der Waals surface area contributed by atoms with Gasteiger partial charge < -0.3 is 4.74 Å². The highest BCUT2D eigenvalue weighted by molar-refractivity contribution is 5.85. The molecule has 0 aliphatic rings. The predicted molar refractivity (Wildman–Crippen MR) is 188 cm³/mol. The molecular formula is C40H74O3. The molecule has 0 aromatic heterocycles. The quantitative estimate of drug-likeness (QED) is 0.0318. The lowest BCUT2D eigenvalue weighted by atomic mass is 10.1. The maximum atomic E-state index is 11.9. The average Bonchev–Trinajstić information content (AvgIpc) is 3.00. The van der Waals surface area contributed by atoms with E-state index in [4.69, 9.17) is 4.74 Å². The normalized spacial score (nSPS) is 11.7. The Hall–Kier alpha value is -1.38. The molecule has 0 amide bonds. The van der Waals surface area contributed by atoms with Crippen molar-refractivity contribution >= 4 is 11.9 Å². The molecule has 3 nitrogen and oxygen atoms in total. The van der Waals surface area contributed by atoms with E-state index in [1.54, 1.807) is 0 Å². The number of allylic oxidation sites excluding steroid dienone is 4. The van der Waals surface area contributed by atoms with Gasteiger partial charge in [0.1, 0.15) is 0 Å². The van der Waals surface area contributed by atoms with Crippen molar-refractivity contribution in [2.75, 3.05) is 0 Å². The minimum atomic E-state index is -0.334. The van der Waals surface area contributed by atoms with Gasteiger partial charge in [-0.15, -0.1) is 0 Å². The van der Waals surface area contributed by atoms with Crippen molar-refractivity contribution in [3.8, 4) is 0 Å². The Balaban J connectivity index is 3.34. The Kier molecular flexibility index (Phi) is 35.6. The van der Waals surface area contributed by atoms with Crippen LogP contribution in [0.5, 0.6) is 0 Å². The van der Waals surface area contributed by atoms with Crippen molar-refractivity contribution < 1.29 is 14.3 Å². The van der Waals surface area contributed by atoms with Gasteiger partial charge in [0.05, 0.1) is 0 Å². The van der Waals surface area contributed by atoms with E-state index in [0.717, 1.165) is 25.7 Å². The van der Waals surface area contributed by atoms with Crippen LogP contribution in [0.3, 0.4) is 0 Å². The van der Waals surface area contributed by atoms with E-state index >= 15 is 0 Å². The minimum Gasteiger partial charge on any atom is -0.393 e. The molecule has 43 heavy (non-hydrogen) atoms. The molecule has 0 N–H and O–H groups in total. The maximum absolute atomic E-state index is 11.9. The molecule has 0 atom stereocenters. The molecule has 0 aromatic rings. The van der Waals surface area contributed by atoms with Crippen molar-refractivity contribution in [1.82, 2.24) is 0 Å². The molecule has 0 aliphatic heterocycles. The number of esters is 2. The van der Waals surface area contributed by atoms with E-state index in [-0.39, 0.29) is 11.9 Å². The van der Waals surface area contributed by atoms with Crippen molar-refractivity contribution in [3.05, 3.63) is 24.3 Å². The van der Waals surface area contributed by atoms with Gasteiger partial charge in [0.2, 0.25) is 0 Å². The maximum Gasteiger partial charge on any atom is 0.313 e. The smallest absolute Gasteiger partial charge is 0.313 e. The van der Waals surface area contributed by atoms with Gasteiger partial charge in [-0.3, -0.25) is 9.59 Å². The van der Waals surface area contributed by atoms with Crippen LogP contribution in [-0.4, -0.2) is 11.9 Å². The molecule has 0 radical (unpaired) electrons. The van der Waals surface area contributed by atoms with Gasteiger partial charge in [0.25, 0.3) is 0 Å². The Bertz CT molecular complexity index is 582. The summed E-state index contributed by atoms with van der Waals surface area (Å²) in [5, 5.41) is 0. The molecule has 0 unspecified atom stereocenters. The average molecular weight is 603 g/mol. The second-order valence-electron chi connectivity index (χ2n) is 12.9. The first kappa shape index (κ1) is 41.6. The topological polar surface area (TPSA) is 43.4 Å². The van der Waals surface area contributed by atoms with Gasteiger partial charge in [0.15, 0.2) is 0 Å².